The molecule has 28 heavy (non-hydrogen) atoms. The zero-order chi connectivity index (χ0) is 19.9. The van der Waals surface area contributed by atoms with Gasteiger partial charge in [-0.3, -0.25) is 19.7 Å². The van der Waals surface area contributed by atoms with Crippen LogP contribution in [0.1, 0.15) is 25.6 Å². The molecular weight excluding hydrogens is 380 g/mol. The zero-order valence-corrected chi connectivity index (χ0v) is 15.2. The van der Waals surface area contributed by atoms with Crippen LogP contribution in [0, 0.1) is 10.1 Å². The maximum Gasteiger partial charge on any atom is 0.271 e. The molecule has 0 fully saturated rings. The van der Waals surface area contributed by atoms with E-state index in [4.69, 9.17) is 0 Å². The van der Waals surface area contributed by atoms with Gasteiger partial charge < -0.3 is 5.32 Å². The highest BCUT2D eigenvalue weighted by Gasteiger charge is 2.12. The number of anilines is 1. The van der Waals surface area contributed by atoms with E-state index in [0.717, 1.165) is 4.88 Å². The van der Waals surface area contributed by atoms with Gasteiger partial charge in [-0.2, -0.15) is 5.10 Å². The molecule has 2 amide bonds. The molecule has 0 saturated carbocycles. The summed E-state index contributed by atoms with van der Waals surface area (Å²) in [5.41, 5.74) is 3.07. The molecule has 0 aliphatic rings. The summed E-state index contributed by atoms with van der Waals surface area (Å²) in [6, 6.07) is 15.4. The van der Waals surface area contributed by atoms with Crippen molar-refractivity contribution >= 4 is 40.7 Å². The highest BCUT2D eigenvalue weighted by atomic mass is 32.1. The molecule has 1 heterocycles. The van der Waals surface area contributed by atoms with Gasteiger partial charge in [-0.05, 0) is 35.7 Å². The molecule has 2 N–H and O–H groups in total. The van der Waals surface area contributed by atoms with Crippen LogP contribution in [0.3, 0.4) is 0 Å². The number of hydrazone groups is 1. The van der Waals surface area contributed by atoms with Gasteiger partial charge in [-0.25, -0.2) is 5.43 Å². The van der Waals surface area contributed by atoms with Gasteiger partial charge in [-0.1, -0.05) is 18.2 Å². The molecule has 8 nitrogen and oxygen atoms in total. The Morgan fingerprint density at radius 1 is 1.00 bits per heavy atom. The van der Waals surface area contributed by atoms with Crippen molar-refractivity contribution in [1.29, 1.82) is 0 Å². The molecule has 140 valence electrons. The van der Waals surface area contributed by atoms with Crippen LogP contribution in [-0.4, -0.2) is 23.0 Å². The van der Waals surface area contributed by atoms with Crippen molar-refractivity contribution in [3.05, 3.63) is 92.2 Å². The Morgan fingerprint density at radius 2 is 1.75 bits per heavy atom. The molecule has 0 atom stereocenters. The van der Waals surface area contributed by atoms with Gasteiger partial charge in [0.05, 0.1) is 11.1 Å². The Kier molecular flexibility index (Phi) is 5.87. The number of amides is 2. The van der Waals surface area contributed by atoms with E-state index in [1.807, 2.05) is 17.5 Å². The lowest BCUT2D eigenvalue weighted by Crippen LogP contribution is -2.18. The van der Waals surface area contributed by atoms with E-state index in [1.54, 1.807) is 18.2 Å². The molecule has 0 radical (unpaired) electrons. The smallest absolute Gasteiger partial charge is 0.271 e. The number of rotatable bonds is 6. The molecule has 0 bridgehead atoms. The fraction of sp³-hybridized carbons (Fsp3) is 0. The summed E-state index contributed by atoms with van der Waals surface area (Å²) in [5.74, 6) is -0.948. The highest BCUT2D eigenvalue weighted by molar-refractivity contribution is 7.11. The fourth-order valence-electron chi connectivity index (χ4n) is 2.29. The Labute approximate surface area is 163 Å². The molecule has 1 aromatic heterocycles. The number of hydrogen-bond acceptors (Lipinski definition) is 6. The van der Waals surface area contributed by atoms with E-state index < -0.39 is 16.7 Å². The van der Waals surface area contributed by atoms with E-state index in [0.29, 0.717) is 11.3 Å². The first-order valence-electron chi connectivity index (χ1n) is 8.06. The number of carbonyl (C=O) groups is 2. The molecular formula is C19H14N4O4S. The third-order valence-electron chi connectivity index (χ3n) is 3.60. The normalized spacial score (nSPS) is 10.6. The first-order valence-corrected chi connectivity index (χ1v) is 8.94. The van der Waals surface area contributed by atoms with Crippen molar-refractivity contribution in [2.45, 2.75) is 0 Å². The number of nitrogens with one attached hydrogen (secondary N) is 2. The standard InChI is InChI=1S/C19H14N4O4S/c24-18(14-5-2-7-16(11-14)23(26)27)21-15-6-1-4-13(10-15)19(25)22-20-12-17-8-3-9-28-17/h1-12H,(H,21,24)(H,22,25)/b20-12-. The number of non-ortho nitro benzene ring substituents is 1. The summed E-state index contributed by atoms with van der Waals surface area (Å²) in [6.07, 6.45) is 1.54. The van der Waals surface area contributed by atoms with Crippen LogP contribution in [0.5, 0.6) is 0 Å². The second kappa shape index (κ2) is 8.69. The molecule has 0 unspecified atom stereocenters. The topological polar surface area (TPSA) is 114 Å². The van der Waals surface area contributed by atoms with Gasteiger partial charge in [0.15, 0.2) is 0 Å². The lowest BCUT2D eigenvalue weighted by molar-refractivity contribution is -0.384. The fourth-order valence-corrected chi connectivity index (χ4v) is 2.87. The van der Waals surface area contributed by atoms with Crippen LogP contribution in [0.2, 0.25) is 0 Å². The van der Waals surface area contributed by atoms with Crippen molar-refractivity contribution in [1.82, 2.24) is 5.43 Å². The second-order valence-corrected chi connectivity index (χ2v) is 6.54. The van der Waals surface area contributed by atoms with Crippen LogP contribution in [0.25, 0.3) is 0 Å². The molecule has 0 saturated heterocycles. The van der Waals surface area contributed by atoms with Crippen LogP contribution in [0.15, 0.2) is 71.1 Å². The average Bonchev–Trinajstić information content (AvgIpc) is 3.21. The molecule has 0 aliphatic heterocycles. The number of nitro benzene ring substituents is 1. The van der Waals surface area contributed by atoms with Gasteiger partial charge in [0, 0.05) is 33.8 Å². The minimum absolute atomic E-state index is 0.143. The van der Waals surface area contributed by atoms with Gasteiger partial charge in [0.2, 0.25) is 0 Å². The summed E-state index contributed by atoms with van der Waals surface area (Å²) >= 11 is 1.49. The molecule has 0 aliphatic carbocycles. The number of hydrogen-bond donors (Lipinski definition) is 2. The predicted molar refractivity (Wildman–Crippen MR) is 107 cm³/mol. The molecule has 3 rings (SSSR count). The van der Waals surface area contributed by atoms with Crippen LogP contribution in [-0.2, 0) is 0 Å². The first kappa shape index (κ1) is 18.9. The summed E-state index contributed by atoms with van der Waals surface area (Å²) in [5, 5.41) is 19.2. The lowest BCUT2D eigenvalue weighted by Gasteiger charge is -2.07. The van der Waals surface area contributed by atoms with Crippen molar-refractivity contribution < 1.29 is 14.5 Å². The molecule has 9 heteroatoms. The van der Waals surface area contributed by atoms with E-state index in [2.05, 4.69) is 15.8 Å². The third-order valence-corrected chi connectivity index (χ3v) is 4.41. The number of thiophene rings is 1. The number of carbonyl (C=O) groups excluding carboxylic acids is 2. The van der Waals surface area contributed by atoms with Crippen LogP contribution in [0.4, 0.5) is 11.4 Å². The minimum atomic E-state index is -0.571. The molecule has 3 aromatic rings. The zero-order valence-electron chi connectivity index (χ0n) is 14.4. The predicted octanol–water partition coefficient (Wildman–Crippen LogP) is 3.67. The van der Waals surface area contributed by atoms with E-state index in [9.17, 15) is 19.7 Å². The minimum Gasteiger partial charge on any atom is -0.322 e. The van der Waals surface area contributed by atoms with Gasteiger partial charge in [-0.15, -0.1) is 11.3 Å². The van der Waals surface area contributed by atoms with E-state index in [-0.39, 0.29) is 11.3 Å². The monoisotopic (exact) mass is 394 g/mol. The second-order valence-electron chi connectivity index (χ2n) is 5.56. The van der Waals surface area contributed by atoms with Crippen LogP contribution < -0.4 is 10.7 Å². The largest absolute Gasteiger partial charge is 0.322 e. The van der Waals surface area contributed by atoms with Crippen molar-refractivity contribution in [2.24, 2.45) is 5.10 Å². The van der Waals surface area contributed by atoms with Crippen molar-refractivity contribution in [2.75, 3.05) is 5.32 Å². The van der Waals surface area contributed by atoms with Crippen LogP contribution >= 0.6 is 11.3 Å². The maximum absolute atomic E-state index is 12.3. The summed E-state index contributed by atoms with van der Waals surface area (Å²) in [7, 11) is 0. The van der Waals surface area contributed by atoms with Gasteiger partial charge in [0.1, 0.15) is 0 Å². The molecule has 2 aromatic carbocycles. The Hall–Kier alpha value is -3.85. The number of nitro groups is 1. The number of nitrogens with zero attached hydrogens (tertiary/aromatic N) is 2. The number of benzene rings is 2. The van der Waals surface area contributed by atoms with Crippen molar-refractivity contribution in [3.63, 3.8) is 0 Å². The van der Waals surface area contributed by atoms with Crippen molar-refractivity contribution in [3.8, 4) is 0 Å². The third kappa shape index (κ3) is 4.86. The summed E-state index contributed by atoms with van der Waals surface area (Å²) in [6.45, 7) is 0. The Balaban J connectivity index is 1.67. The van der Waals surface area contributed by atoms with Gasteiger partial charge >= 0.3 is 0 Å². The molecule has 0 spiro atoms. The van der Waals surface area contributed by atoms with E-state index >= 15 is 0 Å². The lowest BCUT2D eigenvalue weighted by atomic mass is 10.1. The SMILES string of the molecule is O=C(N/N=C\c1cccs1)c1cccc(NC(=O)c2cccc([N+](=O)[O-])c2)c1. The quantitative estimate of drug-likeness (QED) is 0.377. The highest BCUT2D eigenvalue weighted by Crippen LogP contribution is 2.16. The Bertz CT molecular complexity index is 1050. The summed E-state index contributed by atoms with van der Waals surface area (Å²) in [4.78, 5) is 35.7. The van der Waals surface area contributed by atoms with E-state index in [1.165, 1.54) is 47.9 Å². The van der Waals surface area contributed by atoms with Gasteiger partial charge in [0.25, 0.3) is 17.5 Å². The first-order chi connectivity index (χ1) is 13.5. The Morgan fingerprint density at radius 3 is 2.46 bits per heavy atom. The maximum atomic E-state index is 12.3. The summed E-state index contributed by atoms with van der Waals surface area (Å²) < 4.78 is 0. The average molecular weight is 394 g/mol.